The highest BCUT2D eigenvalue weighted by molar-refractivity contribution is 6.28. The van der Waals surface area contributed by atoms with Crippen LogP contribution in [-0.4, -0.2) is 17.6 Å². The lowest BCUT2D eigenvalue weighted by Crippen LogP contribution is -2.29. The van der Waals surface area contributed by atoms with Crippen LogP contribution in [0.1, 0.15) is 22.8 Å². The number of nitrogens with zero attached hydrogens (tertiary/aromatic N) is 1. The van der Waals surface area contributed by atoms with Gasteiger partial charge in [-0.3, -0.25) is 19.2 Å². The van der Waals surface area contributed by atoms with E-state index < -0.39 is 11.8 Å². The van der Waals surface area contributed by atoms with Gasteiger partial charge in [0.05, 0.1) is 5.69 Å². The molecule has 6 nitrogen and oxygen atoms in total. The predicted molar refractivity (Wildman–Crippen MR) is 121 cm³/mol. The van der Waals surface area contributed by atoms with Gasteiger partial charge in [-0.05, 0) is 55.3 Å². The van der Waals surface area contributed by atoms with Crippen LogP contribution >= 0.6 is 0 Å². The molecule has 2 aromatic rings. The Morgan fingerprint density at radius 2 is 1.56 bits per heavy atom. The van der Waals surface area contributed by atoms with Crippen molar-refractivity contribution in [2.75, 3.05) is 4.90 Å². The SMILES string of the molecule is CC(=O)c1cc(N2C(=O)C=CC2=O)ccc1-c1c2ccc(=O)cc-2oc2cc(C)ccc12. The van der Waals surface area contributed by atoms with Gasteiger partial charge in [-0.1, -0.05) is 18.2 Å². The van der Waals surface area contributed by atoms with Crippen molar-refractivity contribution in [1.82, 2.24) is 0 Å². The van der Waals surface area contributed by atoms with E-state index in [0.29, 0.717) is 33.7 Å². The Hall–Kier alpha value is -4.32. The molecule has 0 aromatic heterocycles. The number of benzene rings is 3. The van der Waals surface area contributed by atoms with Crippen molar-refractivity contribution in [3.8, 4) is 22.5 Å². The van der Waals surface area contributed by atoms with Crippen molar-refractivity contribution < 1.29 is 18.8 Å². The van der Waals surface area contributed by atoms with Crippen LogP contribution in [0.3, 0.4) is 0 Å². The zero-order chi connectivity index (χ0) is 22.6. The summed E-state index contributed by atoms with van der Waals surface area (Å²) < 4.78 is 6.01. The van der Waals surface area contributed by atoms with E-state index in [-0.39, 0.29) is 11.2 Å². The third-order valence-corrected chi connectivity index (χ3v) is 5.57. The molecule has 32 heavy (non-hydrogen) atoms. The van der Waals surface area contributed by atoms with E-state index in [1.54, 1.807) is 24.3 Å². The van der Waals surface area contributed by atoms with Gasteiger partial charge in [0.2, 0.25) is 0 Å². The van der Waals surface area contributed by atoms with Crippen LogP contribution in [0.2, 0.25) is 0 Å². The second-order valence-electron chi connectivity index (χ2n) is 7.77. The molecular weight excluding hydrogens is 406 g/mol. The smallest absolute Gasteiger partial charge is 0.258 e. The Balaban J connectivity index is 1.83. The number of Topliss-reactive ketones (excluding diaryl/α,β-unsaturated/α-hetero) is 1. The van der Waals surface area contributed by atoms with Crippen LogP contribution < -0.4 is 10.3 Å². The van der Waals surface area contributed by atoms with Crippen LogP contribution in [0.4, 0.5) is 5.69 Å². The second-order valence-corrected chi connectivity index (χ2v) is 7.77. The molecule has 2 heterocycles. The van der Waals surface area contributed by atoms with Gasteiger partial charge < -0.3 is 4.42 Å². The molecule has 1 aliphatic carbocycles. The van der Waals surface area contributed by atoms with E-state index in [1.165, 1.54) is 31.2 Å². The van der Waals surface area contributed by atoms with Gasteiger partial charge >= 0.3 is 0 Å². The Morgan fingerprint density at radius 1 is 0.844 bits per heavy atom. The normalized spacial score (nSPS) is 13.5. The van der Waals surface area contributed by atoms with E-state index in [9.17, 15) is 19.2 Å². The highest BCUT2D eigenvalue weighted by atomic mass is 16.3. The maximum atomic E-state index is 12.7. The summed E-state index contributed by atoms with van der Waals surface area (Å²) in [6.45, 7) is 3.38. The monoisotopic (exact) mass is 423 g/mol. The summed E-state index contributed by atoms with van der Waals surface area (Å²) in [6.07, 6.45) is 2.40. The van der Waals surface area contributed by atoms with Gasteiger partial charge in [0, 0.05) is 40.3 Å². The summed E-state index contributed by atoms with van der Waals surface area (Å²) in [5.74, 6) is -0.711. The van der Waals surface area contributed by atoms with Gasteiger partial charge in [0.25, 0.3) is 11.8 Å². The zero-order valence-corrected chi connectivity index (χ0v) is 17.3. The van der Waals surface area contributed by atoms with Crippen LogP contribution in [0, 0.1) is 6.92 Å². The highest BCUT2D eigenvalue weighted by Gasteiger charge is 2.27. The van der Waals surface area contributed by atoms with E-state index in [2.05, 4.69) is 0 Å². The van der Waals surface area contributed by atoms with Crippen molar-refractivity contribution >= 4 is 34.3 Å². The molecule has 0 unspecified atom stereocenters. The molecule has 0 fully saturated rings. The van der Waals surface area contributed by atoms with Gasteiger partial charge in [0.15, 0.2) is 11.2 Å². The number of fused-ring (bicyclic) bond motifs is 2. The summed E-state index contributed by atoms with van der Waals surface area (Å²) in [5, 5.41) is 0.784. The van der Waals surface area contributed by atoms with Crippen molar-refractivity contribution in [2.24, 2.45) is 0 Å². The van der Waals surface area contributed by atoms with Gasteiger partial charge in [-0.25, -0.2) is 4.90 Å². The third kappa shape index (κ3) is 3.04. The number of aryl methyl sites for hydroxylation is 1. The summed E-state index contributed by atoms with van der Waals surface area (Å²) in [5.41, 5.74) is 4.14. The standard InChI is InChI=1S/C26H17NO5/c1-14-3-6-19-22(11-14)32-23-13-17(29)5-8-20(23)26(19)18-7-4-16(12-21(18)15(2)28)27-24(30)9-10-25(27)31/h3-13H,1-2H3. The molecule has 2 aromatic carbocycles. The summed E-state index contributed by atoms with van der Waals surface area (Å²) >= 11 is 0. The Labute approximate surface area is 182 Å². The molecule has 0 saturated heterocycles. The number of amides is 2. The minimum Gasteiger partial charge on any atom is -0.456 e. The fourth-order valence-corrected chi connectivity index (χ4v) is 4.10. The Kier molecular flexibility index (Phi) is 4.37. The van der Waals surface area contributed by atoms with Crippen molar-refractivity contribution in [1.29, 1.82) is 0 Å². The lowest BCUT2D eigenvalue weighted by molar-refractivity contribution is -0.119. The van der Waals surface area contributed by atoms with Gasteiger partial charge in [0.1, 0.15) is 11.3 Å². The first-order valence-corrected chi connectivity index (χ1v) is 10.0. The molecule has 5 rings (SSSR count). The minimum absolute atomic E-state index is 0.181. The maximum absolute atomic E-state index is 12.7. The van der Waals surface area contributed by atoms with Crippen LogP contribution in [0.15, 0.2) is 76.0 Å². The molecular formula is C26H17NO5. The summed E-state index contributed by atoms with van der Waals surface area (Å²) in [4.78, 5) is 49.9. The number of hydrogen-bond donors (Lipinski definition) is 0. The van der Waals surface area contributed by atoms with Crippen LogP contribution in [-0.2, 0) is 9.59 Å². The van der Waals surface area contributed by atoms with Crippen molar-refractivity contribution in [2.45, 2.75) is 13.8 Å². The molecule has 0 saturated carbocycles. The largest absolute Gasteiger partial charge is 0.456 e. The average Bonchev–Trinajstić information content (AvgIpc) is 3.09. The second kappa shape index (κ2) is 7.13. The topological polar surface area (TPSA) is 84.7 Å². The van der Waals surface area contributed by atoms with Gasteiger partial charge in [-0.2, -0.15) is 0 Å². The molecule has 2 aliphatic heterocycles. The number of hydrogen-bond acceptors (Lipinski definition) is 5. The molecule has 6 heteroatoms. The quantitative estimate of drug-likeness (QED) is 0.275. The number of carbonyl (C=O) groups is 3. The average molecular weight is 423 g/mol. The number of ketones is 1. The Morgan fingerprint density at radius 3 is 2.28 bits per heavy atom. The lowest BCUT2D eigenvalue weighted by Gasteiger charge is -2.20. The molecule has 0 N–H and O–H groups in total. The first kappa shape index (κ1) is 19.6. The highest BCUT2D eigenvalue weighted by Crippen LogP contribution is 2.42. The number of carbonyl (C=O) groups excluding carboxylic acids is 3. The zero-order valence-electron chi connectivity index (χ0n) is 17.3. The molecule has 0 spiro atoms. The van der Waals surface area contributed by atoms with Crippen molar-refractivity contribution in [3.05, 3.63) is 88.1 Å². The molecule has 0 radical (unpaired) electrons. The maximum Gasteiger partial charge on any atom is 0.258 e. The number of anilines is 1. The van der Waals surface area contributed by atoms with E-state index >= 15 is 0 Å². The van der Waals surface area contributed by atoms with E-state index in [1.807, 2.05) is 25.1 Å². The van der Waals surface area contributed by atoms with E-state index in [0.717, 1.165) is 21.4 Å². The molecule has 0 atom stereocenters. The molecule has 0 bridgehead atoms. The number of rotatable bonds is 3. The lowest BCUT2D eigenvalue weighted by atomic mass is 9.89. The van der Waals surface area contributed by atoms with E-state index in [4.69, 9.17) is 4.42 Å². The summed E-state index contributed by atoms with van der Waals surface area (Å²) in [7, 11) is 0. The van der Waals surface area contributed by atoms with Crippen molar-refractivity contribution in [3.63, 3.8) is 0 Å². The van der Waals surface area contributed by atoms with Gasteiger partial charge in [-0.15, -0.1) is 0 Å². The molecule has 3 aliphatic rings. The fraction of sp³-hybridized carbons (Fsp3) is 0.0769. The molecule has 2 amide bonds. The molecule has 156 valence electrons. The minimum atomic E-state index is -0.454. The first-order chi connectivity index (χ1) is 15.3. The van der Waals surface area contributed by atoms with Crippen LogP contribution in [0.5, 0.6) is 0 Å². The number of imide groups is 1. The fourth-order valence-electron chi connectivity index (χ4n) is 4.10. The van der Waals surface area contributed by atoms with Crippen LogP contribution in [0.25, 0.3) is 33.4 Å². The Bertz CT molecular complexity index is 1510. The summed E-state index contributed by atoms with van der Waals surface area (Å²) in [6, 6.07) is 15.2. The third-order valence-electron chi connectivity index (χ3n) is 5.57. The predicted octanol–water partition coefficient (Wildman–Crippen LogP) is 4.51. The first-order valence-electron chi connectivity index (χ1n) is 10.0.